The van der Waals surface area contributed by atoms with Crippen molar-refractivity contribution in [3.8, 4) is 11.5 Å². The van der Waals surface area contributed by atoms with Crippen LogP contribution in [0, 0.1) is 5.92 Å². The van der Waals surface area contributed by atoms with E-state index in [1.807, 2.05) is 38.1 Å². The summed E-state index contributed by atoms with van der Waals surface area (Å²) in [5.74, 6) is 1.87. The minimum absolute atomic E-state index is 0.103. The van der Waals surface area contributed by atoms with Gasteiger partial charge in [0, 0.05) is 6.04 Å². The van der Waals surface area contributed by atoms with Gasteiger partial charge in [-0.25, -0.2) is 0 Å². The van der Waals surface area contributed by atoms with Gasteiger partial charge in [0.2, 0.25) is 6.10 Å². The van der Waals surface area contributed by atoms with Gasteiger partial charge in [-0.15, -0.1) is 0 Å². The molecule has 4 heteroatoms. The van der Waals surface area contributed by atoms with Crippen molar-refractivity contribution >= 4 is 5.91 Å². The fourth-order valence-corrected chi connectivity index (χ4v) is 2.39. The van der Waals surface area contributed by atoms with Crippen molar-refractivity contribution in [1.82, 2.24) is 5.32 Å². The smallest absolute Gasteiger partial charge is 0.265 e. The number of fused-ring (bicyclic) bond motifs is 1. The van der Waals surface area contributed by atoms with E-state index in [4.69, 9.17) is 9.47 Å². The van der Waals surface area contributed by atoms with E-state index in [-0.39, 0.29) is 18.1 Å². The van der Waals surface area contributed by atoms with E-state index in [1.165, 1.54) is 0 Å². The Morgan fingerprint density at radius 1 is 1.14 bits per heavy atom. The number of para-hydroxylation sites is 2. The van der Waals surface area contributed by atoms with E-state index >= 15 is 0 Å². The van der Waals surface area contributed by atoms with E-state index < -0.39 is 6.10 Å². The average Bonchev–Trinajstić information content (AvgIpc) is 2.44. The first-order valence-corrected chi connectivity index (χ1v) is 7.70. The van der Waals surface area contributed by atoms with Crippen LogP contribution in [0.5, 0.6) is 11.5 Å². The van der Waals surface area contributed by atoms with Crippen LogP contribution in [-0.4, -0.2) is 24.2 Å². The van der Waals surface area contributed by atoms with Gasteiger partial charge in [-0.3, -0.25) is 4.79 Å². The third-order valence-corrected chi connectivity index (χ3v) is 3.67. The number of rotatable bonds is 5. The largest absolute Gasteiger partial charge is 0.482 e. The Morgan fingerprint density at radius 3 is 2.38 bits per heavy atom. The molecule has 1 amide bonds. The van der Waals surface area contributed by atoms with Gasteiger partial charge < -0.3 is 14.8 Å². The van der Waals surface area contributed by atoms with Crippen LogP contribution in [0.3, 0.4) is 0 Å². The molecule has 1 aliphatic rings. The van der Waals surface area contributed by atoms with Crippen LogP contribution >= 0.6 is 0 Å². The Hall–Kier alpha value is -1.71. The molecule has 21 heavy (non-hydrogen) atoms. The second kappa shape index (κ2) is 6.83. The maximum absolute atomic E-state index is 12.4. The summed E-state index contributed by atoms with van der Waals surface area (Å²) in [6, 6.07) is 7.59. The highest BCUT2D eigenvalue weighted by Crippen LogP contribution is 2.33. The molecule has 0 bridgehead atoms. The average molecular weight is 291 g/mol. The molecule has 1 N–H and O–H groups in total. The van der Waals surface area contributed by atoms with Crippen molar-refractivity contribution in [2.75, 3.05) is 0 Å². The van der Waals surface area contributed by atoms with Crippen LogP contribution in [-0.2, 0) is 4.79 Å². The molecule has 1 heterocycles. The van der Waals surface area contributed by atoms with Crippen molar-refractivity contribution in [3.63, 3.8) is 0 Å². The maximum Gasteiger partial charge on any atom is 0.265 e. The summed E-state index contributed by atoms with van der Waals surface area (Å²) in [6.45, 7) is 8.26. The molecule has 3 atom stereocenters. The van der Waals surface area contributed by atoms with Crippen molar-refractivity contribution in [1.29, 1.82) is 0 Å². The topological polar surface area (TPSA) is 47.6 Å². The molecule has 116 valence electrons. The number of nitrogens with one attached hydrogen (secondary N) is 1. The maximum atomic E-state index is 12.4. The molecule has 1 aromatic rings. The first kappa shape index (κ1) is 15.7. The summed E-state index contributed by atoms with van der Waals surface area (Å²) >= 11 is 0. The lowest BCUT2D eigenvalue weighted by atomic mass is 10.0. The van der Waals surface area contributed by atoms with Crippen molar-refractivity contribution in [2.45, 2.75) is 58.8 Å². The van der Waals surface area contributed by atoms with Gasteiger partial charge in [-0.05, 0) is 44.7 Å². The van der Waals surface area contributed by atoms with Crippen molar-refractivity contribution in [2.24, 2.45) is 5.92 Å². The molecule has 0 radical (unpaired) electrons. The quantitative estimate of drug-likeness (QED) is 0.906. The van der Waals surface area contributed by atoms with Crippen LogP contribution in [0.1, 0.15) is 40.5 Å². The monoisotopic (exact) mass is 291 g/mol. The van der Waals surface area contributed by atoms with Gasteiger partial charge in [0.05, 0.1) is 0 Å². The standard InChI is InChI=1S/C17H25NO3/c1-11(2)9-10-12(3)18-17(19)16-13(4)20-14-7-5-6-8-15(14)21-16/h5-8,11-13,16H,9-10H2,1-4H3,(H,18,19). The SMILES string of the molecule is CC(C)CCC(C)NC(=O)C1Oc2ccccc2OC1C. The van der Waals surface area contributed by atoms with Crippen LogP contribution in [0.2, 0.25) is 0 Å². The normalized spacial score (nSPS) is 22.0. The number of hydrogen-bond donors (Lipinski definition) is 1. The second-order valence-corrected chi connectivity index (χ2v) is 6.19. The van der Waals surface area contributed by atoms with E-state index in [1.54, 1.807) is 0 Å². The Balaban J connectivity index is 1.94. The zero-order chi connectivity index (χ0) is 15.4. The molecule has 0 fully saturated rings. The van der Waals surface area contributed by atoms with Gasteiger partial charge >= 0.3 is 0 Å². The molecule has 1 aliphatic heterocycles. The van der Waals surface area contributed by atoms with Gasteiger partial charge in [0.25, 0.3) is 5.91 Å². The van der Waals surface area contributed by atoms with Gasteiger partial charge in [-0.2, -0.15) is 0 Å². The Morgan fingerprint density at radius 2 is 1.76 bits per heavy atom. The molecule has 4 nitrogen and oxygen atoms in total. The first-order chi connectivity index (χ1) is 9.97. The zero-order valence-corrected chi connectivity index (χ0v) is 13.3. The molecular weight excluding hydrogens is 266 g/mol. The van der Waals surface area contributed by atoms with Gasteiger partial charge in [0.15, 0.2) is 11.5 Å². The summed E-state index contributed by atoms with van der Waals surface area (Å²) in [7, 11) is 0. The highest BCUT2D eigenvalue weighted by molar-refractivity contribution is 5.82. The molecule has 3 unspecified atom stereocenters. The minimum atomic E-state index is -0.596. The predicted molar refractivity (Wildman–Crippen MR) is 82.6 cm³/mol. The van der Waals surface area contributed by atoms with Crippen LogP contribution < -0.4 is 14.8 Å². The third kappa shape index (κ3) is 4.13. The van der Waals surface area contributed by atoms with E-state index in [9.17, 15) is 4.79 Å². The number of amides is 1. The van der Waals surface area contributed by atoms with Crippen LogP contribution in [0.15, 0.2) is 24.3 Å². The van der Waals surface area contributed by atoms with E-state index in [0.717, 1.165) is 12.8 Å². The molecule has 0 saturated heterocycles. The fraction of sp³-hybridized carbons (Fsp3) is 0.588. The van der Waals surface area contributed by atoms with Gasteiger partial charge in [0.1, 0.15) is 6.10 Å². The summed E-state index contributed by atoms with van der Waals surface area (Å²) < 4.78 is 11.6. The van der Waals surface area contributed by atoms with E-state index in [2.05, 4.69) is 19.2 Å². The fourth-order valence-electron chi connectivity index (χ4n) is 2.39. The molecule has 1 aromatic carbocycles. The van der Waals surface area contributed by atoms with Crippen molar-refractivity contribution in [3.05, 3.63) is 24.3 Å². The minimum Gasteiger partial charge on any atom is -0.482 e. The Labute approximate surface area is 126 Å². The summed E-state index contributed by atoms with van der Waals surface area (Å²) in [5.41, 5.74) is 0. The first-order valence-electron chi connectivity index (χ1n) is 7.70. The lowest BCUT2D eigenvalue weighted by molar-refractivity contribution is -0.134. The lowest BCUT2D eigenvalue weighted by Crippen LogP contribution is -2.51. The number of carbonyl (C=O) groups excluding carboxylic acids is 1. The van der Waals surface area contributed by atoms with Crippen LogP contribution in [0.25, 0.3) is 0 Å². The summed E-state index contributed by atoms with van der Waals surface area (Å²) in [4.78, 5) is 12.4. The predicted octanol–water partition coefficient (Wildman–Crippen LogP) is 3.16. The zero-order valence-electron chi connectivity index (χ0n) is 13.3. The lowest BCUT2D eigenvalue weighted by Gasteiger charge is -2.31. The summed E-state index contributed by atoms with van der Waals surface area (Å²) in [6.07, 6.45) is 1.18. The number of hydrogen-bond acceptors (Lipinski definition) is 3. The highest BCUT2D eigenvalue weighted by atomic mass is 16.6. The number of benzene rings is 1. The van der Waals surface area contributed by atoms with E-state index in [0.29, 0.717) is 17.4 Å². The molecule has 0 saturated carbocycles. The Kier molecular flexibility index (Phi) is 5.10. The number of ether oxygens (including phenoxy) is 2. The van der Waals surface area contributed by atoms with Gasteiger partial charge in [-0.1, -0.05) is 26.0 Å². The molecule has 2 rings (SSSR count). The molecular formula is C17H25NO3. The second-order valence-electron chi connectivity index (χ2n) is 6.19. The Bertz CT molecular complexity index is 487. The highest BCUT2D eigenvalue weighted by Gasteiger charge is 2.34. The number of carbonyl (C=O) groups is 1. The molecule has 0 aliphatic carbocycles. The molecule has 0 aromatic heterocycles. The third-order valence-electron chi connectivity index (χ3n) is 3.67. The van der Waals surface area contributed by atoms with Crippen molar-refractivity contribution < 1.29 is 14.3 Å². The summed E-state index contributed by atoms with van der Waals surface area (Å²) in [5, 5.41) is 3.02. The van der Waals surface area contributed by atoms with Crippen LogP contribution in [0.4, 0.5) is 0 Å². The molecule has 0 spiro atoms.